The van der Waals surface area contributed by atoms with Crippen LogP contribution in [0.5, 0.6) is 0 Å². The van der Waals surface area contributed by atoms with Gasteiger partial charge in [-0.1, -0.05) is 84.1 Å². The van der Waals surface area contributed by atoms with Gasteiger partial charge in [0.15, 0.2) is 0 Å². The Kier molecular flexibility index (Phi) is 11.0. The van der Waals surface area contributed by atoms with Crippen molar-refractivity contribution >= 4 is 5.70 Å². The summed E-state index contributed by atoms with van der Waals surface area (Å²) >= 11 is 0. The third-order valence-electron chi connectivity index (χ3n) is 6.76. The van der Waals surface area contributed by atoms with Gasteiger partial charge in [-0.3, -0.25) is 4.98 Å². The molecule has 0 spiro atoms. The number of aromatic nitrogens is 1. The summed E-state index contributed by atoms with van der Waals surface area (Å²) < 4.78 is 5.51. The predicted molar refractivity (Wildman–Crippen MR) is 154 cm³/mol. The number of nitrogens with zero attached hydrogens (tertiary/aromatic N) is 1. The van der Waals surface area contributed by atoms with Gasteiger partial charge in [-0.2, -0.15) is 0 Å². The molecule has 1 saturated carbocycles. The maximum atomic E-state index is 5.51. The highest BCUT2D eigenvalue weighted by Crippen LogP contribution is 2.40. The van der Waals surface area contributed by atoms with E-state index in [0.717, 1.165) is 34.5 Å². The molecule has 3 rings (SSSR count). The predicted octanol–water partition coefficient (Wildman–Crippen LogP) is 9.38. The molecule has 0 aromatic carbocycles. The highest BCUT2D eigenvalue weighted by molar-refractivity contribution is 5.64. The van der Waals surface area contributed by atoms with E-state index < -0.39 is 0 Å². The van der Waals surface area contributed by atoms with Crippen LogP contribution in [0.2, 0.25) is 0 Å². The van der Waals surface area contributed by atoms with E-state index in [4.69, 9.17) is 9.72 Å². The van der Waals surface area contributed by atoms with Crippen LogP contribution in [0, 0.1) is 5.41 Å². The average Bonchev–Trinajstić information content (AvgIpc) is 3.15. The summed E-state index contributed by atoms with van der Waals surface area (Å²) in [6.45, 7) is 24.2. The fourth-order valence-electron chi connectivity index (χ4n) is 4.69. The quantitative estimate of drug-likeness (QED) is 0.286. The molecule has 3 heteroatoms. The Labute approximate surface area is 215 Å². The molecular formula is C32H46N2O. The van der Waals surface area contributed by atoms with Crippen molar-refractivity contribution in [1.82, 2.24) is 10.3 Å². The van der Waals surface area contributed by atoms with Gasteiger partial charge in [0.25, 0.3) is 0 Å². The van der Waals surface area contributed by atoms with Crippen molar-refractivity contribution in [3.05, 3.63) is 109 Å². The van der Waals surface area contributed by atoms with Crippen LogP contribution >= 0.6 is 0 Å². The lowest BCUT2D eigenvalue weighted by Crippen LogP contribution is -2.20. The largest absolute Gasteiger partial charge is 0.470 e. The summed E-state index contributed by atoms with van der Waals surface area (Å²) in [5.74, 6) is 1.24. The van der Waals surface area contributed by atoms with Gasteiger partial charge in [0.1, 0.15) is 5.76 Å². The van der Waals surface area contributed by atoms with Gasteiger partial charge in [-0.25, -0.2) is 0 Å². The smallest absolute Gasteiger partial charge is 0.106 e. The van der Waals surface area contributed by atoms with Gasteiger partial charge >= 0.3 is 0 Å². The lowest BCUT2D eigenvalue weighted by molar-refractivity contribution is 0.256. The first kappa shape index (κ1) is 28.2. The first-order valence-electron chi connectivity index (χ1n) is 13.0. The van der Waals surface area contributed by atoms with Crippen molar-refractivity contribution < 1.29 is 6.16 Å². The Bertz CT molecular complexity index is 1010. The van der Waals surface area contributed by atoms with Gasteiger partial charge < -0.3 is 10.1 Å². The molecule has 0 bridgehead atoms. The summed E-state index contributed by atoms with van der Waals surface area (Å²) in [5, 5.41) is 3.48. The maximum absolute atomic E-state index is 5.51. The van der Waals surface area contributed by atoms with Gasteiger partial charge in [0, 0.05) is 41.6 Å². The van der Waals surface area contributed by atoms with E-state index in [2.05, 4.69) is 69.8 Å². The number of pyridine rings is 1. The summed E-state index contributed by atoms with van der Waals surface area (Å²) in [6.07, 6.45) is 20.3. The second kappa shape index (κ2) is 13.7. The third-order valence-corrected chi connectivity index (χ3v) is 6.76. The van der Waals surface area contributed by atoms with E-state index in [9.17, 15) is 0 Å². The van der Waals surface area contributed by atoms with Crippen molar-refractivity contribution in [1.29, 1.82) is 0 Å². The van der Waals surface area contributed by atoms with Crippen molar-refractivity contribution in [2.75, 3.05) is 0 Å². The molecule has 2 aliphatic carbocycles. The van der Waals surface area contributed by atoms with Crippen LogP contribution in [-0.4, -0.2) is 4.98 Å². The Balaban J connectivity index is 0.00000211. The number of hydrogen-bond donors (Lipinski definition) is 1. The normalized spacial score (nSPS) is 20.7. The number of nitrogens with one attached hydrogen (secondary N) is 1. The molecule has 3 nitrogen and oxygen atoms in total. The first-order chi connectivity index (χ1) is 16.9. The number of hydrogen-bond acceptors (Lipinski definition) is 3. The highest BCUT2D eigenvalue weighted by Gasteiger charge is 2.29. The molecule has 1 aromatic heterocycles. The molecule has 0 amide bonds. The van der Waals surface area contributed by atoms with Crippen LogP contribution < -0.4 is 5.32 Å². The third kappa shape index (κ3) is 7.71. The van der Waals surface area contributed by atoms with E-state index >= 15 is 0 Å². The van der Waals surface area contributed by atoms with Crippen molar-refractivity contribution in [2.45, 2.75) is 78.6 Å². The molecule has 2 aliphatic rings. The Hall–Kier alpha value is -3.07. The van der Waals surface area contributed by atoms with Crippen LogP contribution in [0.25, 0.3) is 5.70 Å². The van der Waals surface area contributed by atoms with E-state index in [1.165, 1.54) is 50.5 Å². The van der Waals surface area contributed by atoms with Gasteiger partial charge in [-0.15, -0.1) is 0 Å². The summed E-state index contributed by atoms with van der Waals surface area (Å²) in [5.41, 5.74) is 6.05. The second-order valence-corrected chi connectivity index (χ2v) is 9.38. The average molecular weight is 475 g/mol. The van der Waals surface area contributed by atoms with Crippen LogP contribution in [0.15, 0.2) is 97.8 Å². The van der Waals surface area contributed by atoms with Crippen molar-refractivity contribution in [2.24, 2.45) is 5.41 Å². The minimum absolute atomic E-state index is 0. The highest BCUT2D eigenvalue weighted by atomic mass is 16.5. The zero-order valence-electron chi connectivity index (χ0n) is 22.3. The minimum Gasteiger partial charge on any atom is -0.470 e. The molecule has 0 radical (unpaired) electrons. The molecule has 1 aromatic rings. The Morgan fingerprint density at radius 3 is 2.46 bits per heavy atom. The first-order valence-corrected chi connectivity index (χ1v) is 13.0. The maximum Gasteiger partial charge on any atom is 0.106 e. The number of rotatable bonds is 9. The van der Waals surface area contributed by atoms with Gasteiger partial charge in [0.05, 0.1) is 6.26 Å². The lowest BCUT2D eigenvalue weighted by Gasteiger charge is -2.30. The van der Waals surface area contributed by atoms with Crippen LogP contribution in [0.4, 0.5) is 0 Å². The van der Waals surface area contributed by atoms with E-state index in [-0.39, 0.29) is 6.84 Å². The topological polar surface area (TPSA) is 34.1 Å². The molecule has 190 valence electrons. The van der Waals surface area contributed by atoms with Gasteiger partial charge in [0.2, 0.25) is 0 Å². The molecule has 1 unspecified atom stereocenters. The molecule has 1 fully saturated rings. The minimum atomic E-state index is -0.303. The molecule has 35 heavy (non-hydrogen) atoms. The fraction of sp³-hybridized carbons (Fsp3) is 0.406. The Morgan fingerprint density at radius 2 is 1.83 bits per heavy atom. The standard InChI is InChI=1S/C30H38N2O.C2H6.H2/c1-7-25-15-17-30(6,24(5)33-8-2)21-28(25)19-22(3)32-23(4)27-16-18-31-29(20-27)26-13-11-9-10-12-14-26;1-2;/h7-8,15-16,18-21,26,32H,1-2,4-5,9-14,17H2,3,6H3;1-2H3;1H/b22-19+;;. The number of allylic oxidation sites excluding steroid dienone is 7. The van der Waals surface area contributed by atoms with E-state index in [1.807, 2.05) is 32.2 Å². The van der Waals surface area contributed by atoms with Crippen LogP contribution in [0.1, 0.15) is 91.2 Å². The van der Waals surface area contributed by atoms with E-state index in [1.54, 1.807) is 0 Å². The fourth-order valence-corrected chi connectivity index (χ4v) is 4.69. The second-order valence-electron chi connectivity index (χ2n) is 9.38. The molecule has 1 heterocycles. The monoisotopic (exact) mass is 474 g/mol. The van der Waals surface area contributed by atoms with Crippen LogP contribution in [0.3, 0.4) is 0 Å². The lowest BCUT2D eigenvalue weighted by atomic mass is 9.77. The Morgan fingerprint density at radius 1 is 1.14 bits per heavy atom. The zero-order valence-corrected chi connectivity index (χ0v) is 22.3. The molecule has 1 atom stereocenters. The SMILES string of the molecule is C=COC(=C)C1(C)C=C(/C=C(\C)NC(=C)c2ccnc(C3CCCCCC3)c2)C(C=C)=CC1.CC.[HH]. The molecule has 1 N–H and O–H groups in total. The van der Waals surface area contributed by atoms with Crippen molar-refractivity contribution in [3.8, 4) is 0 Å². The van der Waals surface area contributed by atoms with Crippen molar-refractivity contribution in [3.63, 3.8) is 0 Å². The summed E-state index contributed by atoms with van der Waals surface area (Å²) in [6, 6.07) is 4.24. The summed E-state index contributed by atoms with van der Waals surface area (Å²) in [4.78, 5) is 4.69. The molecule has 0 saturated heterocycles. The van der Waals surface area contributed by atoms with E-state index in [0.29, 0.717) is 11.7 Å². The number of ether oxygens (including phenoxy) is 1. The van der Waals surface area contributed by atoms with Crippen LogP contribution in [-0.2, 0) is 4.74 Å². The van der Waals surface area contributed by atoms with Gasteiger partial charge in [-0.05, 0) is 62.5 Å². The molecular weight excluding hydrogens is 428 g/mol. The summed E-state index contributed by atoms with van der Waals surface area (Å²) in [7, 11) is 0. The zero-order chi connectivity index (χ0) is 25.8. The molecule has 0 aliphatic heterocycles.